The van der Waals surface area contributed by atoms with Gasteiger partial charge in [0.25, 0.3) is 0 Å². The van der Waals surface area contributed by atoms with Crippen molar-refractivity contribution in [2.45, 2.75) is 36.1 Å². The van der Waals surface area contributed by atoms with Crippen LogP contribution in [-0.2, 0) is 0 Å². The fourth-order valence-electron chi connectivity index (χ4n) is 1.83. The van der Waals surface area contributed by atoms with Crippen LogP contribution < -0.4 is 5.73 Å². The van der Waals surface area contributed by atoms with E-state index in [4.69, 9.17) is 5.73 Å². The van der Waals surface area contributed by atoms with Crippen molar-refractivity contribution in [3.63, 3.8) is 0 Å². The number of rotatable bonds is 4. The standard InChI is InChI=1S/C16H19NS/c1-3-16(17)13-7-9-14(10-8-13)18-15-6-4-5-12(2)11-15/h4-11,16H,3,17H2,1-2H3. The van der Waals surface area contributed by atoms with E-state index in [1.165, 1.54) is 20.9 Å². The SMILES string of the molecule is CCC(N)c1ccc(Sc2cccc(C)c2)cc1. The van der Waals surface area contributed by atoms with Crippen LogP contribution in [-0.4, -0.2) is 0 Å². The Morgan fingerprint density at radius 3 is 2.39 bits per heavy atom. The van der Waals surface area contributed by atoms with Gasteiger partial charge >= 0.3 is 0 Å². The van der Waals surface area contributed by atoms with Crippen LogP contribution in [0.1, 0.15) is 30.5 Å². The van der Waals surface area contributed by atoms with Crippen LogP contribution in [0.4, 0.5) is 0 Å². The van der Waals surface area contributed by atoms with Crippen molar-refractivity contribution in [2.75, 3.05) is 0 Å². The summed E-state index contributed by atoms with van der Waals surface area (Å²) < 4.78 is 0. The second-order valence-electron chi connectivity index (χ2n) is 4.50. The molecule has 0 aromatic heterocycles. The lowest BCUT2D eigenvalue weighted by Gasteiger charge is -2.09. The average molecular weight is 257 g/mol. The minimum absolute atomic E-state index is 0.156. The normalized spacial score (nSPS) is 12.4. The van der Waals surface area contributed by atoms with Crippen LogP contribution in [0.5, 0.6) is 0 Å². The minimum Gasteiger partial charge on any atom is -0.324 e. The van der Waals surface area contributed by atoms with Gasteiger partial charge in [-0.15, -0.1) is 0 Å². The monoisotopic (exact) mass is 257 g/mol. The summed E-state index contributed by atoms with van der Waals surface area (Å²) in [5.41, 5.74) is 8.52. The largest absolute Gasteiger partial charge is 0.324 e. The van der Waals surface area contributed by atoms with E-state index >= 15 is 0 Å². The molecule has 1 unspecified atom stereocenters. The fraction of sp³-hybridized carbons (Fsp3) is 0.250. The molecule has 2 aromatic rings. The molecule has 0 aliphatic carbocycles. The van der Waals surface area contributed by atoms with Gasteiger partial charge < -0.3 is 5.73 Å². The van der Waals surface area contributed by atoms with Crippen molar-refractivity contribution in [3.8, 4) is 0 Å². The smallest absolute Gasteiger partial charge is 0.0292 e. The molecule has 0 heterocycles. The average Bonchev–Trinajstić information content (AvgIpc) is 2.39. The third-order valence-electron chi connectivity index (χ3n) is 2.97. The quantitative estimate of drug-likeness (QED) is 0.869. The topological polar surface area (TPSA) is 26.0 Å². The van der Waals surface area contributed by atoms with Crippen LogP contribution in [0.25, 0.3) is 0 Å². The van der Waals surface area contributed by atoms with Crippen LogP contribution in [0.2, 0.25) is 0 Å². The first-order chi connectivity index (χ1) is 8.69. The van der Waals surface area contributed by atoms with E-state index in [1.807, 2.05) is 0 Å². The lowest BCUT2D eigenvalue weighted by molar-refractivity contribution is 0.698. The first-order valence-electron chi connectivity index (χ1n) is 6.29. The molecule has 0 saturated carbocycles. The maximum atomic E-state index is 6.01. The van der Waals surface area contributed by atoms with Gasteiger partial charge in [0.1, 0.15) is 0 Å². The summed E-state index contributed by atoms with van der Waals surface area (Å²) in [5, 5.41) is 0. The Bertz CT molecular complexity index is 505. The molecule has 0 spiro atoms. The molecule has 0 saturated heterocycles. The first kappa shape index (κ1) is 13.2. The Hall–Kier alpha value is -1.25. The summed E-state index contributed by atoms with van der Waals surface area (Å²) in [5.74, 6) is 0. The molecule has 0 radical (unpaired) electrons. The summed E-state index contributed by atoms with van der Waals surface area (Å²) in [6.07, 6.45) is 0.977. The lowest BCUT2D eigenvalue weighted by Crippen LogP contribution is -2.07. The van der Waals surface area contributed by atoms with E-state index in [2.05, 4.69) is 62.4 Å². The Balaban J connectivity index is 2.11. The minimum atomic E-state index is 0.156. The highest BCUT2D eigenvalue weighted by Crippen LogP contribution is 2.29. The number of aryl methyl sites for hydroxylation is 1. The maximum absolute atomic E-state index is 6.01. The number of nitrogens with two attached hydrogens (primary N) is 1. The molecule has 1 nitrogen and oxygen atoms in total. The van der Waals surface area contributed by atoms with Crippen molar-refractivity contribution in [1.82, 2.24) is 0 Å². The van der Waals surface area contributed by atoms with Crippen molar-refractivity contribution < 1.29 is 0 Å². The first-order valence-corrected chi connectivity index (χ1v) is 7.10. The third kappa shape index (κ3) is 3.37. The highest BCUT2D eigenvalue weighted by Gasteiger charge is 2.03. The van der Waals surface area contributed by atoms with Gasteiger partial charge in [-0.1, -0.05) is 48.5 Å². The van der Waals surface area contributed by atoms with E-state index < -0.39 is 0 Å². The van der Waals surface area contributed by atoms with Crippen molar-refractivity contribution in [2.24, 2.45) is 5.73 Å². The molecule has 0 aliphatic heterocycles. The van der Waals surface area contributed by atoms with Crippen molar-refractivity contribution in [3.05, 3.63) is 59.7 Å². The molecule has 2 rings (SSSR count). The van der Waals surface area contributed by atoms with E-state index in [0.717, 1.165) is 6.42 Å². The van der Waals surface area contributed by atoms with Gasteiger partial charge in [0.2, 0.25) is 0 Å². The summed E-state index contributed by atoms with van der Waals surface area (Å²) in [6.45, 7) is 4.23. The summed E-state index contributed by atoms with van der Waals surface area (Å²) in [7, 11) is 0. The summed E-state index contributed by atoms with van der Waals surface area (Å²) in [6, 6.07) is 17.3. The molecule has 1 atom stereocenters. The van der Waals surface area contributed by atoms with Gasteiger partial charge in [-0.25, -0.2) is 0 Å². The second kappa shape index (κ2) is 6.07. The van der Waals surface area contributed by atoms with Crippen molar-refractivity contribution >= 4 is 11.8 Å². The zero-order chi connectivity index (χ0) is 13.0. The maximum Gasteiger partial charge on any atom is 0.0292 e. The van der Waals surface area contributed by atoms with Crippen LogP contribution in [0.3, 0.4) is 0 Å². The van der Waals surface area contributed by atoms with Gasteiger partial charge in [0, 0.05) is 15.8 Å². The predicted octanol–water partition coefficient (Wildman–Crippen LogP) is 4.56. The Kier molecular flexibility index (Phi) is 4.45. The third-order valence-corrected chi connectivity index (χ3v) is 3.97. The molecular weight excluding hydrogens is 238 g/mol. The summed E-state index contributed by atoms with van der Waals surface area (Å²) in [4.78, 5) is 2.54. The van der Waals surface area contributed by atoms with Crippen LogP contribution in [0, 0.1) is 6.92 Å². The Morgan fingerprint density at radius 1 is 1.06 bits per heavy atom. The molecule has 0 amide bonds. The van der Waals surface area contributed by atoms with Gasteiger partial charge in [-0.2, -0.15) is 0 Å². The zero-order valence-corrected chi connectivity index (χ0v) is 11.7. The van der Waals surface area contributed by atoms with E-state index in [9.17, 15) is 0 Å². The van der Waals surface area contributed by atoms with Gasteiger partial charge in [0.15, 0.2) is 0 Å². The molecule has 18 heavy (non-hydrogen) atoms. The van der Waals surface area contributed by atoms with Crippen LogP contribution >= 0.6 is 11.8 Å². The highest BCUT2D eigenvalue weighted by atomic mass is 32.2. The van der Waals surface area contributed by atoms with Gasteiger partial charge in [0.05, 0.1) is 0 Å². The van der Waals surface area contributed by atoms with E-state index in [1.54, 1.807) is 11.8 Å². The molecular formula is C16H19NS. The predicted molar refractivity (Wildman–Crippen MR) is 79.0 cm³/mol. The number of benzene rings is 2. The zero-order valence-electron chi connectivity index (χ0n) is 10.9. The van der Waals surface area contributed by atoms with Crippen molar-refractivity contribution in [1.29, 1.82) is 0 Å². The Labute approximate surface area is 113 Å². The van der Waals surface area contributed by atoms with E-state index in [-0.39, 0.29) is 6.04 Å². The molecule has 2 heteroatoms. The molecule has 94 valence electrons. The number of hydrogen-bond acceptors (Lipinski definition) is 2. The molecule has 2 N–H and O–H groups in total. The van der Waals surface area contributed by atoms with Gasteiger partial charge in [-0.3, -0.25) is 0 Å². The fourth-order valence-corrected chi connectivity index (χ4v) is 2.77. The molecule has 0 aliphatic rings. The molecule has 2 aromatic carbocycles. The lowest BCUT2D eigenvalue weighted by atomic mass is 10.1. The number of hydrogen-bond donors (Lipinski definition) is 1. The van der Waals surface area contributed by atoms with E-state index in [0.29, 0.717) is 0 Å². The molecule has 0 bridgehead atoms. The van der Waals surface area contributed by atoms with Crippen LogP contribution in [0.15, 0.2) is 58.3 Å². The van der Waals surface area contributed by atoms with Gasteiger partial charge in [-0.05, 0) is 43.2 Å². The Morgan fingerprint density at radius 2 is 1.78 bits per heavy atom. The second-order valence-corrected chi connectivity index (χ2v) is 5.65. The highest BCUT2D eigenvalue weighted by molar-refractivity contribution is 7.99. The summed E-state index contributed by atoms with van der Waals surface area (Å²) >= 11 is 1.79. The molecule has 0 fully saturated rings.